The van der Waals surface area contributed by atoms with Gasteiger partial charge in [0.15, 0.2) is 0 Å². The number of nitrogens with zero attached hydrogens (tertiary/aromatic N) is 1. The summed E-state index contributed by atoms with van der Waals surface area (Å²) in [5.41, 5.74) is 2.54. The van der Waals surface area contributed by atoms with Crippen LogP contribution in [0.5, 0.6) is 0 Å². The second kappa shape index (κ2) is 4.29. The highest BCUT2D eigenvalue weighted by Gasteiger charge is 2.07. The Morgan fingerprint density at radius 1 is 1.29 bits per heavy atom. The van der Waals surface area contributed by atoms with Crippen LogP contribution in [-0.2, 0) is 6.42 Å². The first kappa shape index (κ1) is 9.96. The molecule has 0 radical (unpaired) electrons. The van der Waals surface area contributed by atoms with Crippen LogP contribution in [0.25, 0.3) is 10.4 Å². The molecule has 0 aromatic carbocycles. The predicted octanol–water partition coefficient (Wildman–Crippen LogP) is 4.16. The Kier molecular flexibility index (Phi) is 3.05. The molecule has 14 heavy (non-hydrogen) atoms. The Balaban J connectivity index is 2.57. The predicted molar refractivity (Wildman–Crippen MR) is 65.6 cm³/mol. The molecule has 0 unspecified atom stereocenters. The Hall–Kier alpha value is -0.580. The largest absolute Gasteiger partial charge is 0.265 e. The van der Waals surface area contributed by atoms with Crippen LogP contribution >= 0.6 is 32.9 Å². The molecule has 2 aromatic heterocycles. The molecule has 2 rings (SSSR count). The first-order valence-corrected chi connectivity index (χ1v) is 6.91. The standard InChI is InChI=1S/C10H9NS3/c1-2-8-9(13-14-10(8)12)7-3-5-11-6-4-7/h3-6H,2H2,1H3. The maximum Gasteiger partial charge on any atom is 0.105 e. The lowest BCUT2D eigenvalue weighted by atomic mass is 10.1. The van der Waals surface area contributed by atoms with Crippen LogP contribution < -0.4 is 0 Å². The van der Waals surface area contributed by atoms with Crippen LogP contribution in [0.2, 0.25) is 0 Å². The molecule has 0 bridgehead atoms. The van der Waals surface area contributed by atoms with Crippen LogP contribution in [0.4, 0.5) is 0 Å². The van der Waals surface area contributed by atoms with Crippen molar-refractivity contribution in [3.8, 4) is 10.4 Å². The van der Waals surface area contributed by atoms with Gasteiger partial charge in [0, 0.05) is 12.4 Å². The third kappa shape index (κ3) is 1.78. The summed E-state index contributed by atoms with van der Waals surface area (Å²) >= 11 is 5.29. The zero-order valence-corrected chi connectivity index (χ0v) is 10.1. The summed E-state index contributed by atoms with van der Waals surface area (Å²) in [7, 11) is 3.45. The molecule has 0 saturated heterocycles. The van der Waals surface area contributed by atoms with Gasteiger partial charge < -0.3 is 0 Å². The molecule has 0 fully saturated rings. The van der Waals surface area contributed by atoms with Gasteiger partial charge in [0.1, 0.15) is 3.82 Å². The molecule has 0 amide bonds. The lowest BCUT2D eigenvalue weighted by molar-refractivity contribution is 1.15. The van der Waals surface area contributed by atoms with Crippen LogP contribution in [0, 0.1) is 3.82 Å². The summed E-state index contributed by atoms with van der Waals surface area (Å²) in [4.78, 5) is 5.33. The third-order valence-electron chi connectivity index (χ3n) is 2.02. The molecule has 0 N–H and O–H groups in total. The molecule has 0 aliphatic carbocycles. The summed E-state index contributed by atoms with van der Waals surface area (Å²) < 4.78 is 1.03. The summed E-state index contributed by atoms with van der Waals surface area (Å²) in [6.07, 6.45) is 4.65. The molecule has 0 atom stereocenters. The maximum atomic E-state index is 5.29. The summed E-state index contributed by atoms with van der Waals surface area (Å²) in [5.74, 6) is 0. The molecule has 4 heteroatoms. The van der Waals surface area contributed by atoms with E-state index in [2.05, 4.69) is 11.9 Å². The molecule has 1 nitrogen and oxygen atoms in total. The van der Waals surface area contributed by atoms with Gasteiger partial charge in [-0.15, -0.1) is 0 Å². The van der Waals surface area contributed by atoms with E-state index < -0.39 is 0 Å². The lowest BCUT2D eigenvalue weighted by Crippen LogP contribution is -1.81. The summed E-state index contributed by atoms with van der Waals surface area (Å²) in [6.45, 7) is 2.15. The van der Waals surface area contributed by atoms with E-state index in [-0.39, 0.29) is 0 Å². The van der Waals surface area contributed by atoms with E-state index in [1.807, 2.05) is 24.5 Å². The Morgan fingerprint density at radius 2 is 2.00 bits per heavy atom. The highest BCUT2D eigenvalue weighted by Crippen LogP contribution is 2.34. The number of hydrogen-bond acceptors (Lipinski definition) is 4. The molecule has 0 aliphatic heterocycles. The van der Waals surface area contributed by atoms with Crippen LogP contribution in [-0.4, -0.2) is 4.98 Å². The minimum absolute atomic E-state index is 1.01. The van der Waals surface area contributed by atoms with E-state index in [0.29, 0.717) is 0 Å². The van der Waals surface area contributed by atoms with E-state index in [0.717, 1.165) is 10.2 Å². The van der Waals surface area contributed by atoms with E-state index in [4.69, 9.17) is 12.2 Å². The van der Waals surface area contributed by atoms with Crippen molar-refractivity contribution < 1.29 is 0 Å². The van der Waals surface area contributed by atoms with Gasteiger partial charge in [0.25, 0.3) is 0 Å². The van der Waals surface area contributed by atoms with E-state index >= 15 is 0 Å². The third-order valence-corrected chi connectivity index (χ3v) is 5.21. The van der Waals surface area contributed by atoms with Gasteiger partial charge in [-0.25, -0.2) is 0 Å². The van der Waals surface area contributed by atoms with E-state index in [9.17, 15) is 0 Å². The van der Waals surface area contributed by atoms with Crippen molar-refractivity contribution in [1.29, 1.82) is 0 Å². The topological polar surface area (TPSA) is 12.9 Å². The number of aromatic nitrogens is 1. The molecule has 0 spiro atoms. The van der Waals surface area contributed by atoms with Crippen LogP contribution in [0.15, 0.2) is 24.5 Å². The Labute approximate surface area is 95.5 Å². The van der Waals surface area contributed by atoms with Crippen molar-refractivity contribution >= 4 is 32.9 Å². The summed E-state index contributed by atoms with van der Waals surface area (Å²) in [5, 5.41) is 0. The van der Waals surface area contributed by atoms with Crippen molar-refractivity contribution in [2.75, 3.05) is 0 Å². The monoisotopic (exact) mass is 239 g/mol. The van der Waals surface area contributed by atoms with Crippen molar-refractivity contribution in [2.45, 2.75) is 13.3 Å². The van der Waals surface area contributed by atoms with Crippen LogP contribution in [0.1, 0.15) is 12.5 Å². The highest BCUT2D eigenvalue weighted by molar-refractivity contribution is 7.80. The van der Waals surface area contributed by atoms with Gasteiger partial charge >= 0.3 is 0 Å². The highest BCUT2D eigenvalue weighted by atomic mass is 32.9. The van der Waals surface area contributed by atoms with Crippen molar-refractivity contribution in [3.05, 3.63) is 33.9 Å². The minimum Gasteiger partial charge on any atom is -0.265 e. The molecular formula is C10H9NS3. The average molecular weight is 239 g/mol. The van der Waals surface area contributed by atoms with Gasteiger partial charge in [-0.05, 0) is 29.7 Å². The van der Waals surface area contributed by atoms with Gasteiger partial charge in [0.2, 0.25) is 0 Å². The maximum absolute atomic E-state index is 5.29. The van der Waals surface area contributed by atoms with E-state index in [1.165, 1.54) is 16.0 Å². The second-order valence-corrected chi connectivity index (χ2v) is 5.67. The molecule has 0 aliphatic rings. The van der Waals surface area contributed by atoms with Crippen molar-refractivity contribution in [2.24, 2.45) is 0 Å². The molecule has 72 valence electrons. The van der Waals surface area contributed by atoms with Gasteiger partial charge in [-0.3, -0.25) is 4.98 Å². The van der Waals surface area contributed by atoms with Crippen molar-refractivity contribution in [1.82, 2.24) is 4.98 Å². The Bertz CT molecular complexity index is 470. The smallest absolute Gasteiger partial charge is 0.105 e. The molecular weight excluding hydrogens is 230 g/mol. The van der Waals surface area contributed by atoms with Gasteiger partial charge in [0.05, 0.1) is 4.88 Å². The summed E-state index contributed by atoms with van der Waals surface area (Å²) in [6, 6.07) is 4.07. The SMILES string of the molecule is CCc1c(-c2ccncc2)ssc1=S. The van der Waals surface area contributed by atoms with Gasteiger partial charge in [-0.2, -0.15) is 0 Å². The quantitative estimate of drug-likeness (QED) is 0.576. The first-order valence-electron chi connectivity index (χ1n) is 4.35. The minimum atomic E-state index is 1.01. The number of pyridine rings is 1. The van der Waals surface area contributed by atoms with Gasteiger partial charge in [-0.1, -0.05) is 39.8 Å². The normalized spacial score (nSPS) is 10.4. The van der Waals surface area contributed by atoms with E-state index in [1.54, 1.807) is 20.7 Å². The Morgan fingerprint density at radius 3 is 2.64 bits per heavy atom. The fraction of sp³-hybridized carbons (Fsp3) is 0.200. The fourth-order valence-corrected chi connectivity index (χ4v) is 4.44. The second-order valence-electron chi connectivity index (χ2n) is 2.85. The fourth-order valence-electron chi connectivity index (χ4n) is 1.30. The molecule has 2 heterocycles. The molecule has 2 aromatic rings. The number of hydrogen-bond donors (Lipinski definition) is 0. The van der Waals surface area contributed by atoms with Crippen molar-refractivity contribution in [3.63, 3.8) is 0 Å². The van der Waals surface area contributed by atoms with Crippen LogP contribution in [0.3, 0.4) is 0 Å². The number of rotatable bonds is 2. The molecule has 0 saturated carbocycles. The zero-order valence-electron chi connectivity index (χ0n) is 7.69. The zero-order chi connectivity index (χ0) is 9.97. The first-order chi connectivity index (χ1) is 6.83. The average Bonchev–Trinajstić information content (AvgIpc) is 2.61. The lowest BCUT2D eigenvalue weighted by Gasteiger charge is -1.98.